The first kappa shape index (κ1) is 13.8. The van der Waals surface area contributed by atoms with Gasteiger partial charge in [-0.25, -0.2) is 0 Å². The molecule has 2 aromatic heterocycles. The van der Waals surface area contributed by atoms with Crippen LogP contribution in [-0.4, -0.2) is 16.8 Å². The van der Waals surface area contributed by atoms with E-state index in [0.29, 0.717) is 12.3 Å². The summed E-state index contributed by atoms with van der Waals surface area (Å²) in [6.45, 7) is 1.69. The van der Waals surface area contributed by atoms with Gasteiger partial charge in [-0.05, 0) is 23.8 Å². The molecule has 0 aromatic carbocycles. The fourth-order valence-corrected chi connectivity index (χ4v) is 1.72. The molecule has 0 aliphatic rings. The summed E-state index contributed by atoms with van der Waals surface area (Å²) in [5, 5.41) is 5.30. The average molecular weight is 273 g/mol. The molecule has 20 heavy (non-hydrogen) atoms. The minimum atomic E-state index is -0.834. The maximum Gasteiger partial charge on any atom is 0.250 e. The minimum Gasteiger partial charge on any atom is -0.467 e. The van der Waals surface area contributed by atoms with Crippen molar-refractivity contribution in [1.82, 2.24) is 15.6 Å². The molecule has 2 aromatic rings. The number of carbonyl (C=O) groups excluding carboxylic acids is 2. The Morgan fingerprint density at radius 3 is 2.80 bits per heavy atom. The molecule has 1 atom stereocenters. The summed E-state index contributed by atoms with van der Waals surface area (Å²) in [7, 11) is 0. The van der Waals surface area contributed by atoms with Gasteiger partial charge in [-0.3, -0.25) is 14.6 Å². The Hall–Kier alpha value is -2.63. The monoisotopic (exact) mass is 273 g/mol. The summed E-state index contributed by atoms with van der Waals surface area (Å²) in [6.07, 6.45) is 4.79. The van der Waals surface area contributed by atoms with Gasteiger partial charge in [-0.1, -0.05) is 6.07 Å². The van der Waals surface area contributed by atoms with E-state index in [2.05, 4.69) is 15.6 Å². The van der Waals surface area contributed by atoms with E-state index in [0.717, 1.165) is 5.56 Å². The Morgan fingerprint density at radius 1 is 1.35 bits per heavy atom. The van der Waals surface area contributed by atoms with Crippen LogP contribution in [0.5, 0.6) is 0 Å². The SMILES string of the molecule is CC(=O)NC(C(=O)NCc1cccnc1)c1ccco1. The highest BCUT2D eigenvalue weighted by Gasteiger charge is 2.23. The van der Waals surface area contributed by atoms with Gasteiger partial charge < -0.3 is 15.1 Å². The zero-order valence-electron chi connectivity index (χ0n) is 11.0. The second kappa shape index (κ2) is 6.51. The Labute approximate surface area is 116 Å². The summed E-state index contributed by atoms with van der Waals surface area (Å²) in [5.41, 5.74) is 0.877. The van der Waals surface area contributed by atoms with Gasteiger partial charge in [-0.15, -0.1) is 0 Å². The standard InChI is InChI=1S/C14H15N3O3/c1-10(18)17-13(12-5-3-7-20-12)14(19)16-9-11-4-2-6-15-8-11/h2-8,13H,9H2,1H3,(H,16,19)(H,17,18). The predicted molar refractivity (Wildman–Crippen MR) is 71.3 cm³/mol. The third-order valence-corrected chi connectivity index (χ3v) is 2.63. The molecule has 0 bridgehead atoms. The van der Waals surface area contributed by atoms with Crippen LogP contribution in [0.3, 0.4) is 0 Å². The molecule has 2 amide bonds. The lowest BCUT2D eigenvalue weighted by molar-refractivity contribution is -0.128. The van der Waals surface area contributed by atoms with Crippen molar-refractivity contribution in [2.45, 2.75) is 19.5 Å². The molecule has 0 fully saturated rings. The molecule has 0 saturated heterocycles. The first-order valence-electron chi connectivity index (χ1n) is 6.14. The van der Waals surface area contributed by atoms with Crippen LogP contribution in [0.2, 0.25) is 0 Å². The normalized spacial score (nSPS) is 11.7. The van der Waals surface area contributed by atoms with Crippen LogP contribution >= 0.6 is 0 Å². The summed E-state index contributed by atoms with van der Waals surface area (Å²) in [4.78, 5) is 27.3. The Balaban J connectivity index is 2.02. The van der Waals surface area contributed by atoms with E-state index < -0.39 is 6.04 Å². The van der Waals surface area contributed by atoms with Gasteiger partial charge in [0.05, 0.1) is 6.26 Å². The van der Waals surface area contributed by atoms with Gasteiger partial charge >= 0.3 is 0 Å². The summed E-state index contributed by atoms with van der Waals surface area (Å²) >= 11 is 0. The van der Waals surface area contributed by atoms with E-state index >= 15 is 0 Å². The van der Waals surface area contributed by atoms with E-state index in [1.165, 1.54) is 13.2 Å². The van der Waals surface area contributed by atoms with Crippen molar-refractivity contribution in [3.63, 3.8) is 0 Å². The smallest absolute Gasteiger partial charge is 0.250 e. The van der Waals surface area contributed by atoms with Crippen molar-refractivity contribution in [2.24, 2.45) is 0 Å². The highest BCUT2D eigenvalue weighted by Crippen LogP contribution is 2.13. The summed E-state index contributed by atoms with van der Waals surface area (Å²) in [6, 6.07) is 6.12. The molecule has 0 aliphatic heterocycles. The number of nitrogens with one attached hydrogen (secondary N) is 2. The molecule has 0 radical (unpaired) electrons. The molecule has 2 heterocycles. The topological polar surface area (TPSA) is 84.2 Å². The van der Waals surface area contributed by atoms with E-state index in [-0.39, 0.29) is 11.8 Å². The lowest BCUT2D eigenvalue weighted by Gasteiger charge is -2.15. The number of furan rings is 1. The molecule has 6 nitrogen and oxygen atoms in total. The number of carbonyl (C=O) groups is 2. The fraction of sp³-hybridized carbons (Fsp3) is 0.214. The summed E-state index contributed by atoms with van der Waals surface area (Å²) < 4.78 is 5.18. The third kappa shape index (κ3) is 3.68. The highest BCUT2D eigenvalue weighted by atomic mass is 16.3. The number of hydrogen-bond donors (Lipinski definition) is 2. The molecular formula is C14H15N3O3. The highest BCUT2D eigenvalue weighted by molar-refractivity contribution is 5.87. The summed E-state index contributed by atoms with van der Waals surface area (Å²) in [5.74, 6) is -0.245. The Bertz CT molecular complexity index is 567. The molecule has 0 spiro atoms. The number of aromatic nitrogens is 1. The van der Waals surface area contributed by atoms with Crippen molar-refractivity contribution in [3.05, 3.63) is 54.2 Å². The zero-order valence-corrected chi connectivity index (χ0v) is 11.0. The van der Waals surface area contributed by atoms with Crippen molar-refractivity contribution in [3.8, 4) is 0 Å². The zero-order chi connectivity index (χ0) is 14.4. The van der Waals surface area contributed by atoms with Crippen LogP contribution in [-0.2, 0) is 16.1 Å². The maximum atomic E-state index is 12.1. The lowest BCUT2D eigenvalue weighted by atomic mass is 10.2. The van der Waals surface area contributed by atoms with E-state index in [4.69, 9.17) is 4.42 Å². The minimum absolute atomic E-state index is 0.303. The molecule has 1 unspecified atom stereocenters. The fourth-order valence-electron chi connectivity index (χ4n) is 1.72. The number of nitrogens with zero attached hydrogens (tertiary/aromatic N) is 1. The van der Waals surface area contributed by atoms with Gasteiger partial charge in [0.15, 0.2) is 6.04 Å². The largest absolute Gasteiger partial charge is 0.467 e. The molecule has 0 aliphatic carbocycles. The number of rotatable bonds is 5. The van der Waals surface area contributed by atoms with Crippen LogP contribution in [0, 0.1) is 0 Å². The van der Waals surface area contributed by atoms with Gasteiger partial charge in [0.1, 0.15) is 5.76 Å². The lowest BCUT2D eigenvalue weighted by Crippen LogP contribution is -2.39. The van der Waals surface area contributed by atoms with Gasteiger partial charge in [0.2, 0.25) is 5.91 Å². The molecular weight excluding hydrogens is 258 g/mol. The van der Waals surface area contributed by atoms with E-state index in [1.54, 1.807) is 30.6 Å². The van der Waals surface area contributed by atoms with Crippen molar-refractivity contribution in [1.29, 1.82) is 0 Å². The van der Waals surface area contributed by atoms with Gasteiger partial charge in [-0.2, -0.15) is 0 Å². The molecule has 6 heteroatoms. The first-order chi connectivity index (χ1) is 9.66. The molecule has 0 saturated carbocycles. The van der Waals surface area contributed by atoms with Gasteiger partial charge in [0.25, 0.3) is 5.91 Å². The van der Waals surface area contributed by atoms with Crippen LogP contribution < -0.4 is 10.6 Å². The van der Waals surface area contributed by atoms with Crippen molar-refractivity contribution in [2.75, 3.05) is 0 Å². The van der Waals surface area contributed by atoms with E-state index in [9.17, 15) is 9.59 Å². The van der Waals surface area contributed by atoms with E-state index in [1.807, 2.05) is 6.07 Å². The maximum absolute atomic E-state index is 12.1. The number of amides is 2. The molecule has 104 valence electrons. The number of pyridine rings is 1. The predicted octanol–water partition coefficient (Wildman–Crippen LogP) is 1.17. The average Bonchev–Trinajstić information content (AvgIpc) is 2.97. The Kier molecular flexibility index (Phi) is 4.49. The van der Waals surface area contributed by atoms with Gasteiger partial charge in [0, 0.05) is 25.9 Å². The third-order valence-electron chi connectivity index (χ3n) is 2.63. The second-order valence-electron chi connectivity index (χ2n) is 4.23. The van der Waals surface area contributed by atoms with Crippen LogP contribution in [0.4, 0.5) is 0 Å². The molecule has 2 rings (SSSR count). The quantitative estimate of drug-likeness (QED) is 0.856. The first-order valence-corrected chi connectivity index (χ1v) is 6.14. The Morgan fingerprint density at radius 2 is 2.20 bits per heavy atom. The van der Waals surface area contributed by atoms with Crippen molar-refractivity contribution >= 4 is 11.8 Å². The van der Waals surface area contributed by atoms with Crippen LogP contribution in [0.25, 0.3) is 0 Å². The second-order valence-corrected chi connectivity index (χ2v) is 4.23. The molecule has 2 N–H and O–H groups in total. The number of hydrogen-bond acceptors (Lipinski definition) is 4. The van der Waals surface area contributed by atoms with Crippen LogP contribution in [0.1, 0.15) is 24.3 Å². The van der Waals surface area contributed by atoms with Crippen LogP contribution in [0.15, 0.2) is 47.3 Å². The van der Waals surface area contributed by atoms with Crippen molar-refractivity contribution < 1.29 is 14.0 Å².